The summed E-state index contributed by atoms with van der Waals surface area (Å²) in [5.41, 5.74) is 0.856. The largest absolute Gasteiger partial charge is 0.379 e. The van der Waals surface area contributed by atoms with Crippen molar-refractivity contribution in [2.24, 2.45) is 5.92 Å². The maximum absolute atomic E-state index is 12.3. The van der Waals surface area contributed by atoms with Gasteiger partial charge in [-0.15, -0.1) is 0 Å². The first-order chi connectivity index (χ1) is 10.1. The summed E-state index contributed by atoms with van der Waals surface area (Å²) in [6.45, 7) is 0.866. The third-order valence-corrected chi connectivity index (χ3v) is 3.83. The minimum Gasteiger partial charge on any atom is -0.379 e. The molecular formula is C14H18ClN3O3. The SMILES string of the molecule is CNC(=O)c1ccc(Cl)c(NC(=O)C2COCC2NC)c1. The molecule has 6 nitrogen and oxygen atoms in total. The maximum Gasteiger partial charge on any atom is 0.251 e. The fourth-order valence-corrected chi connectivity index (χ4v) is 2.39. The lowest BCUT2D eigenvalue weighted by Crippen LogP contribution is -2.39. The highest BCUT2D eigenvalue weighted by atomic mass is 35.5. The zero-order valence-corrected chi connectivity index (χ0v) is 12.7. The molecule has 1 aromatic rings. The first-order valence-corrected chi connectivity index (χ1v) is 7.02. The predicted molar refractivity (Wildman–Crippen MR) is 80.6 cm³/mol. The van der Waals surface area contributed by atoms with Gasteiger partial charge >= 0.3 is 0 Å². The first kappa shape index (κ1) is 15.8. The smallest absolute Gasteiger partial charge is 0.251 e. The first-order valence-electron chi connectivity index (χ1n) is 6.64. The Morgan fingerprint density at radius 2 is 2.05 bits per heavy atom. The minimum atomic E-state index is -0.283. The van der Waals surface area contributed by atoms with Gasteiger partial charge in [-0.25, -0.2) is 0 Å². The highest BCUT2D eigenvalue weighted by Gasteiger charge is 2.33. The number of carbonyl (C=O) groups excluding carboxylic acids is 2. The fourth-order valence-electron chi connectivity index (χ4n) is 2.23. The number of halogens is 1. The van der Waals surface area contributed by atoms with Gasteiger partial charge < -0.3 is 20.7 Å². The summed E-state index contributed by atoms with van der Waals surface area (Å²) in [7, 11) is 3.33. The Balaban J connectivity index is 2.15. The number of hydrogen-bond donors (Lipinski definition) is 3. The molecule has 0 saturated carbocycles. The summed E-state index contributed by atoms with van der Waals surface area (Å²) in [6.07, 6.45) is 0. The van der Waals surface area contributed by atoms with Crippen LogP contribution in [0.5, 0.6) is 0 Å². The molecular weight excluding hydrogens is 294 g/mol. The van der Waals surface area contributed by atoms with Gasteiger partial charge in [-0.05, 0) is 25.2 Å². The predicted octanol–water partition coefficient (Wildman–Crippen LogP) is 0.872. The van der Waals surface area contributed by atoms with E-state index in [1.165, 1.54) is 0 Å². The van der Waals surface area contributed by atoms with Crippen LogP contribution in [0.25, 0.3) is 0 Å². The Kier molecular flexibility index (Phi) is 5.17. The zero-order chi connectivity index (χ0) is 15.4. The number of anilines is 1. The second kappa shape index (κ2) is 6.89. The molecule has 1 saturated heterocycles. The van der Waals surface area contributed by atoms with Crippen LogP contribution in [-0.4, -0.2) is 45.2 Å². The van der Waals surface area contributed by atoms with Crippen LogP contribution in [-0.2, 0) is 9.53 Å². The number of ether oxygens (including phenoxy) is 1. The Morgan fingerprint density at radius 3 is 2.71 bits per heavy atom. The molecule has 7 heteroatoms. The summed E-state index contributed by atoms with van der Waals surface area (Å²) in [5, 5.41) is 8.73. The maximum atomic E-state index is 12.3. The molecule has 0 spiro atoms. The summed E-state index contributed by atoms with van der Waals surface area (Å²) < 4.78 is 5.31. The van der Waals surface area contributed by atoms with Crippen LogP contribution in [0.15, 0.2) is 18.2 Å². The molecule has 1 fully saturated rings. The van der Waals surface area contributed by atoms with Crippen LogP contribution in [0, 0.1) is 5.92 Å². The molecule has 0 aromatic heterocycles. The average molecular weight is 312 g/mol. The highest BCUT2D eigenvalue weighted by Crippen LogP contribution is 2.25. The van der Waals surface area contributed by atoms with Crippen molar-refractivity contribution in [2.45, 2.75) is 6.04 Å². The second-order valence-corrected chi connectivity index (χ2v) is 5.21. The quantitative estimate of drug-likeness (QED) is 0.771. The van der Waals surface area contributed by atoms with E-state index in [-0.39, 0.29) is 23.8 Å². The van der Waals surface area contributed by atoms with E-state index in [1.807, 2.05) is 0 Å². The number of nitrogens with one attached hydrogen (secondary N) is 3. The molecule has 3 N–H and O–H groups in total. The highest BCUT2D eigenvalue weighted by molar-refractivity contribution is 6.34. The molecule has 1 aromatic carbocycles. The normalized spacial score (nSPS) is 21.1. The molecule has 0 radical (unpaired) electrons. The molecule has 1 aliphatic rings. The van der Waals surface area contributed by atoms with E-state index in [0.29, 0.717) is 29.5 Å². The number of amides is 2. The van der Waals surface area contributed by atoms with Crippen LogP contribution >= 0.6 is 11.6 Å². The summed E-state index contributed by atoms with van der Waals surface area (Å²) in [5.74, 6) is -0.697. The monoisotopic (exact) mass is 311 g/mol. The van der Waals surface area contributed by atoms with E-state index in [4.69, 9.17) is 16.3 Å². The van der Waals surface area contributed by atoms with E-state index in [9.17, 15) is 9.59 Å². The lowest BCUT2D eigenvalue weighted by Gasteiger charge is -2.17. The van der Waals surface area contributed by atoms with Gasteiger partial charge in [-0.1, -0.05) is 11.6 Å². The third-order valence-electron chi connectivity index (χ3n) is 3.50. The van der Waals surface area contributed by atoms with E-state index in [0.717, 1.165) is 0 Å². The van der Waals surface area contributed by atoms with E-state index >= 15 is 0 Å². The number of rotatable bonds is 4. The van der Waals surface area contributed by atoms with Crippen LogP contribution in [0.2, 0.25) is 5.02 Å². The summed E-state index contributed by atoms with van der Waals surface area (Å²) >= 11 is 6.07. The third kappa shape index (κ3) is 3.53. The van der Waals surface area contributed by atoms with Crippen molar-refractivity contribution < 1.29 is 14.3 Å². The number of carbonyl (C=O) groups is 2. The summed E-state index contributed by atoms with van der Waals surface area (Å²) in [6, 6.07) is 4.73. The molecule has 2 rings (SSSR count). The Bertz CT molecular complexity index is 550. The molecule has 1 heterocycles. The van der Waals surface area contributed by atoms with Gasteiger partial charge in [0.1, 0.15) is 0 Å². The van der Waals surface area contributed by atoms with Gasteiger partial charge in [0.25, 0.3) is 5.91 Å². The lowest BCUT2D eigenvalue weighted by molar-refractivity contribution is -0.120. The van der Waals surface area contributed by atoms with E-state index in [1.54, 1.807) is 32.3 Å². The van der Waals surface area contributed by atoms with Crippen molar-refractivity contribution in [3.05, 3.63) is 28.8 Å². The molecule has 1 aliphatic heterocycles. The van der Waals surface area contributed by atoms with Crippen LogP contribution in [0.4, 0.5) is 5.69 Å². The molecule has 21 heavy (non-hydrogen) atoms. The number of likely N-dealkylation sites (N-methyl/N-ethyl adjacent to an activating group) is 1. The van der Waals surface area contributed by atoms with Crippen LogP contribution in [0.3, 0.4) is 0 Å². The fraction of sp³-hybridized carbons (Fsp3) is 0.429. The average Bonchev–Trinajstić information content (AvgIpc) is 2.97. The van der Waals surface area contributed by atoms with Gasteiger partial charge in [0.2, 0.25) is 5.91 Å². The van der Waals surface area contributed by atoms with Crippen LogP contribution in [0.1, 0.15) is 10.4 Å². The van der Waals surface area contributed by atoms with Crippen molar-refractivity contribution in [1.29, 1.82) is 0 Å². The van der Waals surface area contributed by atoms with Gasteiger partial charge in [-0.3, -0.25) is 9.59 Å². The van der Waals surface area contributed by atoms with Gasteiger partial charge in [-0.2, -0.15) is 0 Å². The lowest BCUT2D eigenvalue weighted by atomic mass is 10.0. The van der Waals surface area contributed by atoms with E-state index < -0.39 is 0 Å². The van der Waals surface area contributed by atoms with E-state index in [2.05, 4.69) is 16.0 Å². The number of benzene rings is 1. The van der Waals surface area contributed by atoms with Gasteiger partial charge in [0.15, 0.2) is 0 Å². The minimum absolute atomic E-state index is 0.0223. The number of hydrogen-bond acceptors (Lipinski definition) is 4. The Labute approximate surface area is 128 Å². The van der Waals surface area contributed by atoms with Gasteiger partial charge in [0, 0.05) is 18.7 Å². The Morgan fingerprint density at radius 1 is 1.29 bits per heavy atom. The van der Waals surface area contributed by atoms with Crippen molar-refractivity contribution >= 4 is 29.1 Å². The van der Waals surface area contributed by atoms with Crippen molar-refractivity contribution in [2.75, 3.05) is 32.6 Å². The molecule has 2 unspecified atom stereocenters. The molecule has 114 valence electrons. The molecule has 0 bridgehead atoms. The molecule has 2 amide bonds. The Hall–Kier alpha value is -1.63. The second-order valence-electron chi connectivity index (χ2n) is 4.80. The summed E-state index contributed by atoms with van der Waals surface area (Å²) in [4.78, 5) is 23.9. The molecule has 2 atom stereocenters. The van der Waals surface area contributed by atoms with Crippen molar-refractivity contribution in [3.8, 4) is 0 Å². The van der Waals surface area contributed by atoms with Crippen molar-refractivity contribution in [1.82, 2.24) is 10.6 Å². The topological polar surface area (TPSA) is 79.5 Å². The van der Waals surface area contributed by atoms with Crippen molar-refractivity contribution in [3.63, 3.8) is 0 Å². The standard InChI is InChI=1S/C14H18ClN3O3/c1-16-12-7-21-6-9(12)14(20)18-11-5-8(13(19)17-2)3-4-10(11)15/h3-5,9,12,16H,6-7H2,1-2H3,(H,17,19)(H,18,20). The van der Waals surface area contributed by atoms with Gasteiger partial charge in [0.05, 0.1) is 29.8 Å². The molecule has 0 aliphatic carbocycles. The zero-order valence-electron chi connectivity index (χ0n) is 11.9. The van der Waals surface area contributed by atoms with Crippen LogP contribution < -0.4 is 16.0 Å².